The van der Waals surface area contributed by atoms with E-state index < -0.39 is 0 Å². The van der Waals surface area contributed by atoms with E-state index in [2.05, 4.69) is 37.9 Å². The quantitative estimate of drug-likeness (QED) is 0.757. The highest BCUT2D eigenvalue weighted by molar-refractivity contribution is 5.58. The van der Waals surface area contributed by atoms with Crippen LogP contribution in [-0.2, 0) is 5.41 Å². The third-order valence-corrected chi connectivity index (χ3v) is 3.81. The highest BCUT2D eigenvalue weighted by Gasteiger charge is 2.13. The monoisotopic (exact) mass is 292 g/mol. The van der Waals surface area contributed by atoms with Gasteiger partial charge in [0.1, 0.15) is 0 Å². The molecule has 0 aliphatic rings. The summed E-state index contributed by atoms with van der Waals surface area (Å²) in [6.07, 6.45) is 1.85. The van der Waals surface area contributed by atoms with Crippen molar-refractivity contribution in [1.29, 1.82) is 0 Å². The number of nitrogens with zero attached hydrogens (tertiary/aromatic N) is 1. The van der Waals surface area contributed by atoms with Gasteiger partial charge in [-0.25, -0.2) is 4.79 Å². The summed E-state index contributed by atoms with van der Waals surface area (Å²) < 4.78 is 1.65. The molecule has 3 rings (SSSR count). The van der Waals surface area contributed by atoms with Crippen LogP contribution in [0.3, 0.4) is 0 Å². The van der Waals surface area contributed by atoms with Gasteiger partial charge in [0.15, 0.2) is 0 Å². The Bertz CT molecular complexity index is 818. The van der Waals surface area contributed by atoms with Crippen molar-refractivity contribution >= 4 is 0 Å². The van der Waals surface area contributed by atoms with Crippen molar-refractivity contribution < 1.29 is 0 Å². The third kappa shape index (κ3) is 2.75. The predicted octanol–water partition coefficient (Wildman–Crippen LogP) is 4.13. The van der Waals surface area contributed by atoms with E-state index in [0.717, 1.165) is 16.9 Å². The Hall–Kier alpha value is -2.55. The number of aromatic amines is 1. The number of aromatic nitrogens is 2. The Kier molecular flexibility index (Phi) is 3.49. The molecule has 0 saturated heterocycles. The van der Waals surface area contributed by atoms with Crippen molar-refractivity contribution in [2.45, 2.75) is 26.2 Å². The van der Waals surface area contributed by atoms with Gasteiger partial charge in [0.2, 0.25) is 0 Å². The molecule has 1 aromatic heterocycles. The number of nitrogens with one attached hydrogen (secondary N) is 1. The minimum Gasteiger partial charge on any atom is -0.305 e. The third-order valence-electron chi connectivity index (χ3n) is 3.81. The maximum absolute atomic E-state index is 12.2. The van der Waals surface area contributed by atoms with Gasteiger partial charge >= 0.3 is 5.69 Å². The Morgan fingerprint density at radius 3 is 2.14 bits per heavy atom. The first-order chi connectivity index (χ1) is 10.4. The summed E-state index contributed by atoms with van der Waals surface area (Å²) in [5.41, 5.74) is 3.94. The molecular weight excluding hydrogens is 272 g/mol. The Morgan fingerprint density at radius 1 is 0.909 bits per heavy atom. The number of hydrogen-bond acceptors (Lipinski definition) is 1. The number of benzene rings is 2. The molecule has 2 aromatic carbocycles. The molecule has 3 nitrogen and oxygen atoms in total. The molecule has 0 aliphatic heterocycles. The molecule has 1 N–H and O–H groups in total. The highest BCUT2D eigenvalue weighted by atomic mass is 16.1. The fraction of sp³-hybridized carbons (Fsp3) is 0.211. The van der Waals surface area contributed by atoms with E-state index in [1.807, 2.05) is 48.7 Å². The maximum Gasteiger partial charge on any atom is 0.330 e. The minimum atomic E-state index is -0.123. The van der Waals surface area contributed by atoms with Crippen molar-refractivity contribution in [3.63, 3.8) is 0 Å². The molecule has 0 atom stereocenters. The smallest absolute Gasteiger partial charge is 0.305 e. The van der Waals surface area contributed by atoms with Gasteiger partial charge in [0.25, 0.3) is 0 Å². The largest absolute Gasteiger partial charge is 0.330 e. The number of hydrogen-bond donors (Lipinski definition) is 1. The fourth-order valence-electron chi connectivity index (χ4n) is 2.47. The van der Waals surface area contributed by atoms with Gasteiger partial charge in [-0.3, -0.25) is 4.57 Å². The van der Waals surface area contributed by atoms with Gasteiger partial charge in [-0.05, 0) is 28.7 Å². The first kappa shape index (κ1) is 14.4. The summed E-state index contributed by atoms with van der Waals surface area (Å²) in [4.78, 5) is 15.1. The van der Waals surface area contributed by atoms with Crippen LogP contribution in [0, 0.1) is 0 Å². The first-order valence-corrected chi connectivity index (χ1v) is 7.43. The molecule has 0 aliphatic carbocycles. The average Bonchev–Trinajstić information content (AvgIpc) is 2.89. The van der Waals surface area contributed by atoms with Gasteiger partial charge in [0, 0.05) is 6.20 Å². The molecule has 0 saturated carbocycles. The van der Waals surface area contributed by atoms with Crippen LogP contribution in [0.15, 0.2) is 65.6 Å². The summed E-state index contributed by atoms with van der Waals surface area (Å²) in [5.74, 6) is 0. The SMILES string of the molecule is CC(C)(C)c1ccc(-n2cc(-c3ccccc3)[nH]c2=O)cc1. The number of imidazole rings is 1. The lowest BCUT2D eigenvalue weighted by molar-refractivity contribution is 0.590. The second-order valence-corrected chi connectivity index (χ2v) is 6.51. The van der Waals surface area contributed by atoms with Crippen LogP contribution in [0.5, 0.6) is 0 Å². The van der Waals surface area contributed by atoms with Crippen LogP contribution >= 0.6 is 0 Å². The van der Waals surface area contributed by atoms with E-state index in [1.54, 1.807) is 4.57 Å². The summed E-state index contributed by atoms with van der Waals surface area (Å²) >= 11 is 0. The Labute approximate surface area is 130 Å². The molecule has 0 bridgehead atoms. The van der Waals surface area contributed by atoms with Gasteiger partial charge < -0.3 is 4.98 Å². The van der Waals surface area contributed by atoms with E-state index in [-0.39, 0.29) is 11.1 Å². The minimum absolute atomic E-state index is 0.108. The molecule has 3 heteroatoms. The van der Waals surface area contributed by atoms with E-state index in [4.69, 9.17) is 0 Å². The van der Waals surface area contributed by atoms with Crippen molar-refractivity contribution in [2.24, 2.45) is 0 Å². The highest BCUT2D eigenvalue weighted by Crippen LogP contribution is 2.23. The van der Waals surface area contributed by atoms with Gasteiger partial charge in [-0.1, -0.05) is 63.2 Å². The van der Waals surface area contributed by atoms with Crippen molar-refractivity contribution in [2.75, 3.05) is 0 Å². The predicted molar refractivity (Wildman–Crippen MR) is 90.5 cm³/mol. The topological polar surface area (TPSA) is 37.8 Å². The molecule has 3 aromatic rings. The first-order valence-electron chi connectivity index (χ1n) is 7.43. The zero-order chi connectivity index (χ0) is 15.7. The van der Waals surface area contributed by atoms with Crippen molar-refractivity contribution in [3.05, 3.63) is 76.8 Å². The van der Waals surface area contributed by atoms with E-state index in [0.29, 0.717) is 0 Å². The molecule has 0 radical (unpaired) electrons. The van der Waals surface area contributed by atoms with E-state index in [1.165, 1.54) is 5.56 Å². The lowest BCUT2D eigenvalue weighted by Crippen LogP contribution is -2.15. The number of rotatable bonds is 2. The normalized spacial score (nSPS) is 11.6. The summed E-state index contributed by atoms with van der Waals surface area (Å²) in [6, 6.07) is 18.0. The maximum atomic E-state index is 12.2. The van der Waals surface area contributed by atoms with E-state index >= 15 is 0 Å². The van der Waals surface area contributed by atoms with Crippen LogP contribution < -0.4 is 5.69 Å². The van der Waals surface area contributed by atoms with Gasteiger partial charge in [-0.15, -0.1) is 0 Å². The summed E-state index contributed by atoms with van der Waals surface area (Å²) in [7, 11) is 0. The second kappa shape index (κ2) is 5.34. The molecule has 0 unspecified atom stereocenters. The van der Waals surface area contributed by atoms with Crippen LogP contribution in [0.4, 0.5) is 0 Å². The Morgan fingerprint density at radius 2 is 1.55 bits per heavy atom. The fourth-order valence-corrected chi connectivity index (χ4v) is 2.47. The average molecular weight is 292 g/mol. The summed E-state index contributed by atoms with van der Waals surface area (Å²) in [6.45, 7) is 6.54. The molecule has 0 fully saturated rings. The summed E-state index contributed by atoms with van der Waals surface area (Å²) in [5, 5.41) is 0. The lowest BCUT2D eigenvalue weighted by Gasteiger charge is -2.19. The Balaban J connectivity index is 1.99. The molecule has 112 valence electrons. The van der Waals surface area contributed by atoms with Crippen LogP contribution in [-0.4, -0.2) is 9.55 Å². The second-order valence-electron chi connectivity index (χ2n) is 6.51. The van der Waals surface area contributed by atoms with E-state index in [9.17, 15) is 4.79 Å². The van der Waals surface area contributed by atoms with Gasteiger partial charge in [-0.2, -0.15) is 0 Å². The zero-order valence-electron chi connectivity index (χ0n) is 13.1. The molecular formula is C19H20N2O. The van der Waals surface area contributed by atoms with Gasteiger partial charge in [0.05, 0.1) is 11.4 Å². The van der Waals surface area contributed by atoms with Crippen LogP contribution in [0.1, 0.15) is 26.3 Å². The lowest BCUT2D eigenvalue weighted by atomic mass is 9.87. The van der Waals surface area contributed by atoms with Crippen molar-refractivity contribution in [3.8, 4) is 16.9 Å². The van der Waals surface area contributed by atoms with Crippen LogP contribution in [0.25, 0.3) is 16.9 Å². The standard InChI is InChI=1S/C19H20N2O/c1-19(2,3)15-9-11-16(12-10-15)21-13-17(20-18(21)22)14-7-5-4-6-8-14/h4-13H,1-3H3,(H,20,22). The number of H-pyrrole nitrogens is 1. The zero-order valence-corrected chi connectivity index (χ0v) is 13.1. The van der Waals surface area contributed by atoms with Crippen molar-refractivity contribution in [1.82, 2.24) is 9.55 Å². The van der Waals surface area contributed by atoms with Crippen LogP contribution in [0.2, 0.25) is 0 Å². The molecule has 0 spiro atoms. The molecule has 0 amide bonds. The molecule has 1 heterocycles. The molecule has 22 heavy (non-hydrogen) atoms.